The van der Waals surface area contributed by atoms with Crippen LogP contribution in [0.15, 0.2) is 18.2 Å². The van der Waals surface area contributed by atoms with E-state index >= 15 is 0 Å². The summed E-state index contributed by atoms with van der Waals surface area (Å²) in [7, 11) is 0. The maximum absolute atomic E-state index is 13.4. The molecular formula is C16H24FN. The summed E-state index contributed by atoms with van der Waals surface area (Å²) in [5.74, 6) is -0.0981. The average molecular weight is 249 g/mol. The lowest BCUT2D eigenvalue weighted by Gasteiger charge is -2.34. The summed E-state index contributed by atoms with van der Waals surface area (Å²) in [6.07, 6.45) is 5.04. The van der Waals surface area contributed by atoms with Gasteiger partial charge in [0.2, 0.25) is 0 Å². The van der Waals surface area contributed by atoms with Gasteiger partial charge in [0, 0.05) is 12.6 Å². The lowest BCUT2D eigenvalue weighted by atomic mass is 9.75. The maximum Gasteiger partial charge on any atom is 0.126 e. The molecular weight excluding hydrogens is 225 g/mol. The Bertz CT molecular complexity index is 402. The van der Waals surface area contributed by atoms with Crippen molar-refractivity contribution in [3.05, 3.63) is 35.1 Å². The van der Waals surface area contributed by atoms with Crippen LogP contribution in [0.25, 0.3) is 0 Å². The van der Waals surface area contributed by atoms with Crippen LogP contribution in [0.4, 0.5) is 4.39 Å². The fraction of sp³-hybridized carbons (Fsp3) is 0.625. The summed E-state index contributed by atoms with van der Waals surface area (Å²) >= 11 is 0. The van der Waals surface area contributed by atoms with Gasteiger partial charge < -0.3 is 5.32 Å². The van der Waals surface area contributed by atoms with Gasteiger partial charge in [0.15, 0.2) is 0 Å². The van der Waals surface area contributed by atoms with E-state index in [1.165, 1.54) is 25.7 Å². The molecule has 0 radical (unpaired) electrons. The molecule has 1 N–H and O–H groups in total. The Morgan fingerprint density at radius 1 is 1.28 bits per heavy atom. The largest absolute Gasteiger partial charge is 0.310 e. The summed E-state index contributed by atoms with van der Waals surface area (Å²) in [5, 5.41) is 3.56. The Labute approximate surface area is 110 Å². The van der Waals surface area contributed by atoms with Gasteiger partial charge in [0.1, 0.15) is 5.82 Å². The molecule has 1 nitrogen and oxygen atoms in total. The molecule has 0 spiro atoms. The van der Waals surface area contributed by atoms with Crippen LogP contribution in [0.3, 0.4) is 0 Å². The second-order valence-electron chi connectivity index (χ2n) is 6.40. The van der Waals surface area contributed by atoms with Crippen molar-refractivity contribution in [1.82, 2.24) is 5.32 Å². The molecule has 1 aliphatic rings. The number of hydrogen-bond donors (Lipinski definition) is 1. The number of rotatable bonds is 3. The first kappa shape index (κ1) is 13.5. The van der Waals surface area contributed by atoms with Gasteiger partial charge in [-0.3, -0.25) is 0 Å². The third-order valence-electron chi connectivity index (χ3n) is 4.17. The van der Waals surface area contributed by atoms with Crippen LogP contribution in [0.1, 0.15) is 50.7 Å². The van der Waals surface area contributed by atoms with E-state index in [0.717, 1.165) is 17.7 Å². The molecule has 1 aliphatic carbocycles. The molecule has 0 heterocycles. The molecule has 100 valence electrons. The molecule has 0 aliphatic heterocycles. The molecule has 2 heteroatoms. The van der Waals surface area contributed by atoms with E-state index in [2.05, 4.69) is 19.2 Å². The number of aryl methyl sites for hydroxylation is 1. The van der Waals surface area contributed by atoms with Crippen LogP contribution in [0.5, 0.6) is 0 Å². The predicted molar refractivity (Wildman–Crippen MR) is 74.0 cm³/mol. The molecule has 18 heavy (non-hydrogen) atoms. The summed E-state index contributed by atoms with van der Waals surface area (Å²) in [5.41, 5.74) is 2.27. The molecule has 1 aromatic rings. The Kier molecular flexibility index (Phi) is 4.06. The van der Waals surface area contributed by atoms with Crippen molar-refractivity contribution in [2.24, 2.45) is 5.41 Å². The molecule has 1 saturated carbocycles. The summed E-state index contributed by atoms with van der Waals surface area (Å²) in [6, 6.07) is 6.12. The first-order chi connectivity index (χ1) is 8.46. The quantitative estimate of drug-likeness (QED) is 0.847. The average Bonchev–Trinajstić information content (AvgIpc) is 2.32. The van der Waals surface area contributed by atoms with Gasteiger partial charge in [-0.05, 0) is 55.2 Å². The van der Waals surface area contributed by atoms with E-state index in [0.29, 0.717) is 11.5 Å². The van der Waals surface area contributed by atoms with Crippen molar-refractivity contribution in [1.29, 1.82) is 0 Å². The Morgan fingerprint density at radius 3 is 2.56 bits per heavy atom. The van der Waals surface area contributed by atoms with Gasteiger partial charge in [-0.2, -0.15) is 0 Å². The van der Waals surface area contributed by atoms with E-state index in [1.807, 2.05) is 12.1 Å². The van der Waals surface area contributed by atoms with Gasteiger partial charge in [0.05, 0.1) is 0 Å². The molecule has 0 atom stereocenters. The first-order valence-corrected chi connectivity index (χ1v) is 6.95. The van der Waals surface area contributed by atoms with E-state index in [-0.39, 0.29) is 5.82 Å². The van der Waals surface area contributed by atoms with Crippen LogP contribution in [0.2, 0.25) is 0 Å². The van der Waals surface area contributed by atoms with Crippen LogP contribution in [-0.4, -0.2) is 6.04 Å². The highest BCUT2D eigenvalue weighted by Gasteiger charge is 2.26. The minimum absolute atomic E-state index is 0.0981. The smallest absolute Gasteiger partial charge is 0.126 e. The Hall–Kier alpha value is -0.890. The number of nitrogens with one attached hydrogen (secondary N) is 1. The lowest BCUT2D eigenvalue weighted by molar-refractivity contribution is 0.206. The number of benzene rings is 1. The fourth-order valence-electron chi connectivity index (χ4n) is 2.61. The van der Waals surface area contributed by atoms with Gasteiger partial charge in [0.25, 0.3) is 0 Å². The van der Waals surface area contributed by atoms with Crippen LogP contribution >= 0.6 is 0 Å². The third kappa shape index (κ3) is 3.55. The minimum Gasteiger partial charge on any atom is -0.310 e. The monoisotopic (exact) mass is 249 g/mol. The highest BCUT2D eigenvalue weighted by atomic mass is 19.1. The van der Waals surface area contributed by atoms with Crippen molar-refractivity contribution in [3.8, 4) is 0 Å². The van der Waals surface area contributed by atoms with Crippen molar-refractivity contribution in [2.45, 2.75) is 59.0 Å². The van der Waals surface area contributed by atoms with E-state index in [1.54, 1.807) is 13.0 Å². The number of hydrogen-bond acceptors (Lipinski definition) is 1. The van der Waals surface area contributed by atoms with Gasteiger partial charge in [-0.1, -0.05) is 26.0 Å². The second-order valence-corrected chi connectivity index (χ2v) is 6.40. The second kappa shape index (κ2) is 5.40. The van der Waals surface area contributed by atoms with Gasteiger partial charge >= 0.3 is 0 Å². The fourth-order valence-corrected chi connectivity index (χ4v) is 2.61. The maximum atomic E-state index is 13.4. The van der Waals surface area contributed by atoms with E-state index < -0.39 is 0 Å². The molecule has 0 saturated heterocycles. The lowest BCUT2D eigenvalue weighted by Crippen LogP contribution is -2.35. The molecule has 0 amide bonds. The van der Waals surface area contributed by atoms with Crippen molar-refractivity contribution in [2.75, 3.05) is 0 Å². The molecule has 2 rings (SSSR count). The highest BCUT2D eigenvalue weighted by Crippen LogP contribution is 2.35. The zero-order valence-corrected chi connectivity index (χ0v) is 11.7. The third-order valence-corrected chi connectivity index (χ3v) is 4.17. The zero-order valence-electron chi connectivity index (χ0n) is 11.7. The van der Waals surface area contributed by atoms with Gasteiger partial charge in [-0.15, -0.1) is 0 Å². The predicted octanol–water partition coefficient (Wildman–Crippen LogP) is 4.19. The van der Waals surface area contributed by atoms with Crippen molar-refractivity contribution >= 4 is 0 Å². The van der Waals surface area contributed by atoms with Crippen molar-refractivity contribution < 1.29 is 4.39 Å². The summed E-state index contributed by atoms with van der Waals surface area (Å²) < 4.78 is 13.4. The Balaban J connectivity index is 1.83. The number of halogens is 1. The van der Waals surface area contributed by atoms with Crippen LogP contribution < -0.4 is 5.32 Å². The molecule has 1 fully saturated rings. The summed E-state index contributed by atoms with van der Waals surface area (Å²) in [6.45, 7) is 7.27. The first-order valence-electron chi connectivity index (χ1n) is 6.95. The van der Waals surface area contributed by atoms with Crippen molar-refractivity contribution in [3.63, 3.8) is 0 Å². The van der Waals surface area contributed by atoms with Crippen LogP contribution in [0, 0.1) is 18.2 Å². The highest BCUT2D eigenvalue weighted by molar-refractivity contribution is 5.23. The molecule has 0 unspecified atom stereocenters. The SMILES string of the molecule is Cc1ccc(CNC2CCC(C)(C)CC2)cc1F. The van der Waals surface area contributed by atoms with E-state index in [9.17, 15) is 4.39 Å². The minimum atomic E-state index is -0.0981. The molecule has 0 bridgehead atoms. The zero-order chi connectivity index (χ0) is 13.2. The Morgan fingerprint density at radius 2 is 1.94 bits per heavy atom. The topological polar surface area (TPSA) is 12.0 Å². The molecule has 0 aromatic heterocycles. The normalized spacial score (nSPS) is 20.0. The van der Waals surface area contributed by atoms with E-state index in [4.69, 9.17) is 0 Å². The molecule has 1 aromatic carbocycles. The summed E-state index contributed by atoms with van der Waals surface area (Å²) in [4.78, 5) is 0. The van der Waals surface area contributed by atoms with Gasteiger partial charge in [-0.25, -0.2) is 4.39 Å². The standard InChI is InChI=1S/C16H24FN/c1-12-4-5-13(10-15(12)17)11-18-14-6-8-16(2,3)9-7-14/h4-5,10,14,18H,6-9,11H2,1-3H3. The van der Waals surface area contributed by atoms with Crippen LogP contribution in [-0.2, 0) is 6.54 Å².